The van der Waals surface area contributed by atoms with E-state index in [0.717, 1.165) is 30.3 Å². The van der Waals surface area contributed by atoms with Crippen LogP contribution in [0.4, 0.5) is 4.39 Å². The van der Waals surface area contributed by atoms with E-state index in [4.69, 9.17) is 4.74 Å². The van der Waals surface area contributed by atoms with Gasteiger partial charge >= 0.3 is 6.01 Å². The van der Waals surface area contributed by atoms with Gasteiger partial charge in [-0.05, 0) is 25.5 Å². The number of hydrogen-bond donors (Lipinski definition) is 0. The highest BCUT2D eigenvalue weighted by Crippen LogP contribution is 2.40. The van der Waals surface area contributed by atoms with Crippen molar-refractivity contribution in [2.45, 2.75) is 31.0 Å². The number of ether oxygens (including phenoxy) is 1. The lowest BCUT2D eigenvalue weighted by Crippen LogP contribution is -2.43. The van der Waals surface area contributed by atoms with E-state index in [1.807, 2.05) is 6.07 Å². The number of pyridine rings is 1. The van der Waals surface area contributed by atoms with E-state index in [1.54, 1.807) is 18.6 Å². The second kappa shape index (κ2) is 4.87. The zero-order chi connectivity index (χ0) is 14.3. The lowest BCUT2D eigenvalue weighted by atomic mass is 9.95. The molecule has 2 atom stereocenters. The molecule has 2 saturated heterocycles. The second-order valence-corrected chi connectivity index (χ2v) is 5.95. The molecule has 2 fully saturated rings. The summed E-state index contributed by atoms with van der Waals surface area (Å²) in [6, 6.07) is 2.19. The van der Waals surface area contributed by atoms with Crippen molar-refractivity contribution in [2.75, 3.05) is 19.7 Å². The Balaban J connectivity index is 1.52. The minimum atomic E-state index is -0.738. The molecule has 6 heteroatoms. The van der Waals surface area contributed by atoms with Crippen LogP contribution in [-0.4, -0.2) is 51.3 Å². The van der Waals surface area contributed by atoms with Crippen molar-refractivity contribution in [2.24, 2.45) is 0 Å². The van der Waals surface area contributed by atoms with Crippen LogP contribution in [0.5, 0.6) is 6.01 Å². The lowest BCUT2D eigenvalue weighted by Gasteiger charge is -2.30. The monoisotopic (exact) mass is 288 g/mol. The third kappa shape index (κ3) is 2.23. The summed E-state index contributed by atoms with van der Waals surface area (Å²) in [5.41, 5.74) is 0.654. The first-order chi connectivity index (χ1) is 10.3. The van der Waals surface area contributed by atoms with E-state index in [2.05, 4.69) is 19.9 Å². The predicted molar refractivity (Wildman–Crippen MR) is 75.9 cm³/mol. The minimum Gasteiger partial charge on any atom is -0.461 e. The molecule has 0 radical (unpaired) electrons. The Morgan fingerprint density at radius 3 is 3.33 bits per heavy atom. The van der Waals surface area contributed by atoms with Gasteiger partial charge in [-0.15, -0.1) is 0 Å². The first kappa shape index (κ1) is 12.9. The summed E-state index contributed by atoms with van der Waals surface area (Å²) in [7, 11) is 0. The van der Waals surface area contributed by atoms with Crippen LogP contribution in [0.1, 0.15) is 19.3 Å². The van der Waals surface area contributed by atoms with E-state index < -0.39 is 6.17 Å². The van der Waals surface area contributed by atoms with Gasteiger partial charge < -0.3 is 4.74 Å². The van der Waals surface area contributed by atoms with Gasteiger partial charge in [-0.3, -0.25) is 9.88 Å². The van der Waals surface area contributed by atoms with Gasteiger partial charge in [-0.1, -0.05) is 0 Å². The lowest BCUT2D eigenvalue weighted by molar-refractivity contribution is 0.107. The summed E-state index contributed by atoms with van der Waals surface area (Å²) >= 11 is 0. The molecule has 0 N–H and O–H groups in total. The quantitative estimate of drug-likeness (QED) is 0.864. The molecule has 0 amide bonds. The third-order valence-corrected chi connectivity index (χ3v) is 4.59. The van der Waals surface area contributed by atoms with Crippen LogP contribution in [0.15, 0.2) is 24.7 Å². The van der Waals surface area contributed by atoms with Gasteiger partial charge in [-0.2, -0.15) is 4.98 Å². The zero-order valence-corrected chi connectivity index (χ0v) is 11.7. The van der Waals surface area contributed by atoms with Crippen LogP contribution in [0.2, 0.25) is 0 Å². The summed E-state index contributed by atoms with van der Waals surface area (Å²) in [6.45, 7) is 1.96. The summed E-state index contributed by atoms with van der Waals surface area (Å²) < 4.78 is 19.5. The summed E-state index contributed by atoms with van der Waals surface area (Å²) in [5, 5.41) is 0.884. The fourth-order valence-corrected chi connectivity index (χ4v) is 3.57. The molecule has 2 aliphatic rings. The summed E-state index contributed by atoms with van der Waals surface area (Å²) in [6.07, 6.45) is 7.05. The topological polar surface area (TPSA) is 51.1 Å². The Kier molecular flexibility index (Phi) is 2.99. The number of fused-ring (bicyclic) bond motifs is 2. The molecule has 0 spiro atoms. The molecule has 4 heterocycles. The number of halogens is 1. The molecule has 2 aromatic rings. The number of rotatable bonds is 3. The largest absolute Gasteiger partial charge is 0.461 e. The molecule has 21 heavy (non-hydrogen) atoms. The maximum Gasteiger partial charge on any atom is 0.316 e. The van der Waals surface area contributed by atoms with E-state index in [0.29, 0.717) is 25.6 Å². The smallest absolute Gasteiger partial charge is 0.316 e. The Hall–Kier alpha value is -1.82. The standard InChI is InChI=1S/C15H17FN4O/c16-12-6-15(3-1-5-20(15)9-12)10-21-14-18-8-11-7-17-4-2-13(11)19-14/h2,4,7-8,12H,1,3,5-6,9-10H2. The molecular formula is C15H17FN4O. The number of nitrogens with zero attached hydrogens (tertiary/aromatic N) is 4. The molecule has 0 aromatic carbocycles. The van der Waals surface area contributed by atoms with Gasteiger partial charge in [0.25, 0.3) is 0 Å². The molecule has 2 aliphatic heterocycles. The Morgan fingerprint density at radius 1 is 1.43 bits per heavy atom. The van der Waals surface area contributed by atoms with Crippen molar-refractivity contribution in [1.82, 2.24) is 19.9 Å². The van der Waals surface area contributed by atoms with E-state index >= 15 is 0 Å². The first-order valence-electron chi connectivity index (χ1n) is 7.34. The average Bonchev–Trinajstić information content (AvgIpc) is 3.01. The Bertz CT molecular complexity index is 667. The number of hydrogen-bond acceptors (Lipinski definition) is 5. The fraction of sp³-hybridized carbons (Fsp3) is 0.533. The maximum atomic E-state index is 13.7. The highest BCUT2D eigenvalue weighted by atomic mass is 19.1. The Labute approximate surface area is 122 Å². The predicted octanol–water partition coefficient (Wildman–Crippen LogP) is 1.98. The number of alkyl halides is 1. The van der Waals surface area contributed by atoms with Crippen molar-refractivity contribution in [1.29, 1.82) is 0 Å². The molecule has 0 saturated carbocycles. The van der Waals surface area contributed by atoms with E-state index in [1.165, 1.54) is 0 Å². The van der Waals surface area contributed by atoms with Crippen molar-refractivity contribution in [3.8, 4) is 6.01 Å². The molecule has 0 aliphatic carbocycles. The van der Waals surface area contributed by atoms with Crippen LogP contribution in [-0.2, 0) is 0 Å². The second-order valence-electron chi connectivity index (χ2n) is 5.95. The van der Waals surface area contributed by atoms with Gasteiger partial charge in [-0.25, -0.2) is 9.37 Å². The molecule has 4 rings (SSSR count). The average molecular weight is 288 g/mol. The minimum absolute atomic E-state index is 0.157. The molecule has 2 unspecified atom stereocenters. The molecule has 2 aromatic heterocycles. The van der Waals surface area contributed by atoms with Gasteiger partial charge in [0, 0.05) is 36.9 Å². The van der Waals surface area contributed by atoms with Crippen molar-refractivity contribution in [3.63, 3.8) is 0 Å². The van der Waals surface area contributed by atoms with Gasteiger partial charge in [0.05, 0.1) is 11.1 Å². The van der Waals surface area contributed by atoms with Crippen LogP contribution in [0.25, 0.3) is 10.9 Å². The molecular weight excluding hydrogens is 271 g/mol. The van der Waals surface area contributed by atoms with Crippen LogP contribution in [0.3, 0.4) is 0 Å². The normalized spacial score (nSPS) is 28.9. The third-order valence-electron chi connectivity index (χ3n) is 4.59. The van der Waals surface area contributed by atoms with Crippen molar-refractivity contribution < 1.29 is 9.13 Å². The molecule has 0 bridgehead atoms. The summed E-state index contributed by atoms with van der Waals surface area (Å²) in [4.78, 5) is 14.9. The van der Waals surface area contributed by atoms with Crippen LogP contribution < -0.4 is 4.74 Å². The maximum absolute atomic E-state index is 13.7. The van der Waals surface area contributed by atoms with Crippen molar-refractivity contribution >= 4 is 10.9 Å². The van der Waals surface area contributed by atoms with E-state index in [9.17, 15) is 4.39 Å². The van der Waals surface area contributed by atoms with E-state index in [-0.39, 0.29) is 5.54 Å². The fourth-order valence-electron chi connectivity index (χ4n) is 3.57. The molecule has 110 valence electrons. The highest BCUT2D eigenvalue weighted by Gasteiger charge is 2.49. The summed E-state index contributed by atoms with van der Waals surface area (Å²) in [5.74, 6) is 0. The van der Waals surface area contributed by atoms with Crippen LogP contribution >= 0.6 is 0 Å². The van der Waals surface area contributed by atoms with Gasteiger partial charge in [0.2, 0.25) is 0 Å². The first-order valence-corrected chi connectivity index (χ1v) is 7.34. The van der Waals surface area contributed by atoms with Gasteiger partial charge in [0.15, 0.2) is 0 Å². The van der Waals surface area contributed by atoms with Crippen molar-refractivity contribution in [3.05, 3.63) is 24.7 Å². The Morgan fingerprint density at radius 2 is 2.38 bits per heavy atom. The SMILES string of the molecule is FC1CN2CCCC2(COc2ncc3cnccc3n2)C1. The van der Waals surface area contributed by atoms with Gasteiger partial charge in [0.1, 0.15) is 12.8 Å². The number of aromatic nitrogens is 3. The zero-order valence-electron chi connectivity index (χ0n) is 11.7. The molecule has 5 nitrogen and oxygen atoms in total. The highest BCUT2D eigenvalue weighted by molar-refractivity contribution is 5.76. The van der Waals surface area contributed by atoms with Crippen LogP contribution in [0, 0.1) is 0 Å².